The van der Waals surface area contributed by atoms with Crippen molar-refractivity contribution in [1.82, 2.24) is 0 Å². The Labute approximate surface area is 80.7 Å². The SMILES string of the molecule is CCC[C@@H]1[C@H](C)COC(=O)[C@@H]1CC. The van der Waals surface area contributed by atoms with Gasteiger partial charge in [0, 0.05) is 0 Å². The lowest BCUT2D eigenvalue weighted by Gasteiger charge is -2.34. The van der Waals surface area contributed by atoms with Gasteiger partial charge in [-0.25, -0.2) is 0 Å². The van der Waals surface area contributed by atoms with Crippen LogP contribution in [0.3, 0.4) is 0 Å². The maximum Gasteiger partial charge on any atom is 0.309 e. The number of hydrogen-bond acceptors (Lipinski definition) is 2. The highest BCUT2D eigenvalue weighted by Gasteiger charge is 2.35. The van der Waals surface area contributed by atoms with E-state index in [0.29, 0.717) is 18.4 Å². The van der Waals surface area contributed by atoms with E-state index in [1.807, 2.05) is 0 Å². The van der Waals surface area contributed by atoms with E-state index in [4.69, 9.17) is 4.74 Å². The topological polar surface area (TPSA) is 26.3 Å². The van der Waals surface area contributed by atoms with Gasteiger partial charge in [0.05, 0.1) is 12.5 Å². The zero-order valence-electron chi connectivity index (χ0n) is 8.88. The van der Waals surface area contributed by atoms with E-state index in [1.165, 1.54) is 6.42 Å². The number of esters is 1. The molecule has 0 bridgehead atoms. The van der Waals surface area contributed by atoms with Crippen molar-refractivity contribution >= 4 is 5.97 Å². The Kier molecular flexibility index (Phi) is 3.76. The molecule has 0 spiro atoms. The van der Waals surface area contributed by atoms with E-state index >= 15 is 0 Å². The second-order valence-corrected chi connectivity index (χ2v) is 4.07. The molecule has 0 unspecified atom stereocenters. The second-order valence-electron chi connectivity index (χ2n) is 4.07. The van der Waals surface area contributed by atoms with Gasteiger partial charge in [0.15, 0.2) is 0 Å². The second kappa shape index (κ2) is 4.64. The molecular formula is C11H20O2. The Balaban J connectivity index is 2.65. The van der Waals surface area contributed by atoms with Gasteiger partial charge in [0.25, 0.3) is 0 Å². The van der Waals surface area contributed by atoms with Crippen molar-refractivity contribution in [3.8, 4) is 0 Å². The lowest BCUT2D eigenvalue weighted by atomic mass is 9.77. The first-order chi connectivity index (χ1) is 6.20. The average Bonchev–Trinajstić information content (AvgIpc) is 2.12. The first-order valence-electron chi connectivity index (χ1n) is 5.37. The van der Waals surface area contributed by atoms with Crippen molar-refractivity contribution in [2.45, 2.75) is 40.0 Å². The van der Waals surface area contributed by atoms with Gasteiger partial charge in [0.2, 0.25) is 0 Å². The van der Waals surface area contributed by atoms with Gasteiger partial charge >= 0.3 is 5.97 Å². The maximum absolute atomic E-state index is 11.4. The summed E-state index contributed by atoms with van der Waals surface area (Å²) in [4.78, 5) is 11.4. The van der Waals surface area contributed by atoms with Gasteiger partial charge in [-0.3, -0.25) is 4.79 Å². The van der Waals surface area contributed by atoms with Gasteiger partial charge in [-0.05, 0) is 24.7 Å². The number of carbonyl (C=O) groups excluding carboxylic acids is 1. The molecule has 1 fully saturated rings. The van der Waals surface area contributed by atoms with Crippen molar-refractivity contribution in [1.29, 1.82) is 0 Å². The summed E-state index contributed by atoms with van der Waals surface area (Å²) in [7, 11) is 0. The first kappa shape index (κ1) is 10.6. The minimum Gasteiger partial charge on any atom is -0.465 e. The zero-order valence-corrected chi connectivity index (χ0v) is 8.88. The van der Waals surface area contributed by atoms with E-state index in [1.54, 1.807) is 0 Å². The highest BCUT2D eigenvalue weighted by atomic mass is 16.5. The van der Waals surface area contributed by atoms with Crippen LogP contribution in [-0.2, 0) is 9.53 Å². The molecule has 3 atom stereocenters. The molecule has 2 heteroatoms. The molecule has 0 amide bonds. The maximum atomic E-state index is 11.4. The van der Waals surface area contributed by atoms with Crippen LogP contribution in [0.5, 0.6) is 0 Å². The predicted octanol–water partition coefficient (Wildman–Crippen LogP) is 2.62. The number of ether oxygens (including phenoxy) is 1. The smallest absolute Gasteiger partial charge is 0.309 e. The normalized spacial score (nSPS) is 34.4. The van der Waals surface area contributed by atoms with Crippen LogP contribution >= 0.6 is 0 Å². The van der Waals surface area contributed by atoms with E-state index in [-0.39, 0.29) is 11.9 Å². The van der Waals surface area contributed by atoms with E-state index < -0.39 is 0 Å². The molecule has 0 radical (unpaired) electrons. The fourth-order valence-corrected chi connectivity index (χ4v) is 2.30. The third kappa shape index (κ3) is 2.23. The number of rotatable bonds is 3. The van der Waals surface area contributed by atoms with Crippen LogP contribution in [-0.4, -0.2) is 12.6 Å². The molecule has 1 heterocycles. The number of carbonyl (C=O) groups is 1. The van der Waals surface area contributed by atoms with Gasteiger partial charge in [-0.2, -0.15) is 0 Å². The monoisotopic (exact) mass is 184 g/mol. The average molecular weight is 184 g/mol. The van der Waals surface area contributed by atoms with Crippen molar-refractivity contribution in [3.63, 3.8) is 0 Å². The highest BCUT2D eigenvalue weighted by molar-refractivity contribution is 5.73. The standard InChI is InChI=1S/C11H20O2/c1-4-6-10-8(3)7-13-11(12)9(10)5-2/h8-10H,4-7H2,1-3H3/t8-,9-,10-/m1/s1. The molecule has 0 saturated carbocycles. The molecule has 0 aromatic carbocycles. The Morgan fingerprint density at radius 3 is 2.69 bits per heavy atom. The molecule has 1 aliphatic heterocycles. The van der Waals surface area contributed by atoms with Crippen LogP contribution in [0.4, 0.5) is 0 Å². The van der Waals surface area contributed by atoms with Crippen molar-refractivity contribution in [3.05, 3.63) is 0 Å². The fourth-order valence-electron chi connectivity index (χ4n) is 2.30. The fraction of sp³-hybridized carbons (Fsp3) is 0.909. The van der Waals surface area contributed by atoms with Crippen molar-refractivity contribution in [2.24, 2.45) is 17.8 Å². The summed E-state index contributed by atoms with van der Waals surface area (Å²) in [5, 5.41) is 0. The van der Waals surface area contributed by atoms with Crippen LogP contribution < -0.4 is 0 Å². The van der Waals surface area contributed by atoms with Gasteiger partial charge in [-0.15, -0.1) is 0 Å². The van der Waals surface area contributed by atoms with Crippen molar-refractivity contribution in [2.75, 3.05) is 6.61 Å². The predicted molar refractivity (Wildman–Crippen MR) is 52.3 cm³/mol. The largest absolute Gasteiger partial charge is 0.465 e. The molecule has 1 saturated heterocycles. The third-order valence-corrected chi connectivity index (χ3v) is 3.10. The Morgan fingerprint density at radius 1 is 1.46 bits per heavy atom. The first-order valence-corrected chi connectivity index (χ1v) is 5.37. The molecule has 0 aromatic rings. The Morgan fingerprint density at radius 2 is 2.15 bits per heavy atom. The summed E-state index contributed by atoms with van der Waals surface area (Å²) in [5.74, 6) is 1.28. The van der Waals surface area contributed by atoms with E-state index in [0.717, 1.165) is 12.8 Å². The molecular weight excluding hydrogens is 164 g/mol. The van der Waals surface area contributed by atoms with Gasteiger partial charge in [-0.1, -0.05) is 27.2 Å². The Hall–Kier alpha value is -0.530. The summed E-state index contributed by atoms with van der Waals surface area (Å²) >= 11 is 0. The van der Waals surface area contributed by atoms with Gasteiger partial charge < -0.3 is 4.74 Å². The molecule has 13 heavy (non-hydrogen) atoms. The van der Waals surface area contributed by atoms with Crippen LogP contribution in [0.15, 0.2) is 0 Å². The summed E-state index contributed by atoms with van der Waals surface area (Å²) < 4.78 is 5.13. The molecule has 1 aliphatic rings. The quantitative estimate of drug-likeness (QED) is 0.630. The summed E-state index contributed by atoms with van der Waals surface area (Å²) in [6.45, 7) is 7.07. The number of cyclic esters (lactones) is 1. The number of hydrogen-bond donors (Lipinski definition) is 0. The summed E-state index contributed by atoms with van der Waals surface area (Å²) in [6.07, 6.45) is 3.25. The van der Waals surface area contributed by atoms with E-state index in [9.17, 15) is 4.79 Å². The van der Waals surface area contributed by atoms with Crippen LogP contribution in [0, 0.1) is 17.8 Å². The summed E-state index contributed by atoms with van der Waals surface area (Å²) in [5.41, 5.74) is 0. The Bertz CT molecular complexity index is 177. The molecule has 0 aliphatic carbocycles. The van der Waals surface area contributed by atoms with Crippen LogP contribution in [0.25, 0.3) is 0 Å². The highest BCUT2D eigenvalue weighted by Crippen LogP contribution is 2.33. The molecule has 0 N–H and O–H groups in total. The minimum absolute atomic E-state index is 0.0269. The van der Waals surface area contributed by atoms with Crippen LogP contribution in [0.1, 0.15) is 40.0 Å². The lowest BCUT2D eigenvalue weighted by Crippen LogP contribution is -2.37. The minimum atomic E-state index is 0.0269. The molecule has 0 aromatic heterocycles. The molecule has 76 valence electrons. The van der Waals surface area contributed by atoms with Gasteiger partial charge in [0.1, 0.15) is 0 Å². The lowest BCUT2D eigenvalue weighted by molar-refractivity contribution is -0.161. The molecule has 1 rings (SSSR count). The third-order valence-electron chi connectivity index (χ3n) is 3.10. The zero-order chi connectivity index (χ0) is 9.84. The van der Waals surface area contributed by atoms with E-state index in [2.05, 4.69) is 20.8 Å². The van der Waals surface area contributed by atoms with Crippen molar-refractivity contribution < 1.29 is 9.53 Å². The van der Waals surface area contributed by atoms with Crippen LogP contribution in [0.2, 0.25) is 0 Å². The molecule has 2 nitrogen and oxygen atoms in total. The summed E-state index contributed by atoms with van der Waals surface area (Å²) in [6, 6.07) is 0.